The number of carbonyl (C=O) groups excluding carboxylic acids is 2. The van der Waals surface area contributed by atoms with Crippen LogP contribution >= 0.6 is 0 Å². The number of benzene rings is 2. The lowest BCUT2D eigenvalue weighted by Crippen LogP contribution is -2.09. The summed E-state index contributed by atoms with van der Waals surface area (Å²) in [4.78, 5) is 22.4. The lowest BCUT2D eigenvalue weighted by atomic mass is 10.2. The van der Waals surface area contributed by atoms with E-state index in [9.17, 15) is 9.59 Å². The summed E-state index contributed by atoms with van der Waals surface area (Å²) in [5, 5.41) is 17.9. The Morgan fingerprint density at radius 3 is 1.54 bits per heavy atom. The van der Waals surface area contributed by atoms with Crippen molar-refractivity contribution in [2.75, 3.05) is 13.2 Å². The molecule has 6 nitrogen and oxygen atoms in total. The summed E-state index contributed by atoms with van der Waals surface area (Å²) in [6.45, 7) is 6.48. The van der Waals surface area contributed by atoms with E-state index in [1.165, 1.54) is 48.5 Å². The molecule has 0 fully saturated rings. The molecule has 0 aliphatic rings. The van der Waals surface area contributed by atoms with Gasteiger partial charge in [-0.3, -0.25) is 0 Å². The van der Waals surface area contributed by atoms with Crippen molar-refractivity contribution in [2.24, 2.45) is 5.92 Å². The first kappa shape index (κ1) is 21.0. The van der Waals surface area contributed by atoms with Crippen LogP contribution in [0.3, 0.4) is 0 Å². The van der Waals surface area contributed by atoms with Crippen LogP contribution in [-0.4, -0.2) is 35.4 Å². The van der Waals surface area contributed by atoms with Crippen LogP contribution in [0.4, 0.5) is 0 Å². The average molecular weight is 360 g/mol. The second-order valence-corrected chi connectivity index (χ2v) is 5.81. The summed E-state index contributed by atoms with van der Waals surface area (Å²) in [7, 11) is 0. The molecule has 0 saturated carbocycles. The highest BCUT2D eigenvalue weighted by molar-refractivity contribution is 5.89. The molecule has 0 aromatic heterocycles. The van der Waals surface area contributed by atoms with Crippen molar-refractivity contribution in [2.45, 2.75) is 20.8 Å². The fourth-order valence-corrected chi connectivity index (χ4v) is 1.74. The Hall–Kier alpha value is -3.02. The first-order valence-electron chi connectivity index (χ1n) is 8.25. The van der Waals surface area contributed by atoms with E-state index in [2.05, 4.69) is 0 Å². The zero-order valence-corrected chi connectivity index (χ0v) is 15.1. The molecule has 0 spiro atoms. The molecule has 2 aromatic carbocycles. The minimum atomic E-state index is -0.363. The molecule has 2 N–H and O–H groups in total. The first-order valence-corrected chi connectivity index (χ1v) is 8.25. The molecule has 0 aliphatic carbocycles. The number of carbonyl (C=O) groups is 2. The molecule has 140 valence electrons. The fourth-order valence-electron chi connectivity index (χ4n) is 1.74. The number of rotatable bonds is 5. The van der Waals surface area contributed by atoms with Crippen LogP contribution in [0.5, 0.6) is 11.5 Å². The zero-order chi connectivity index (χ0) is 19.5. The second kappa shape index (κ2) is 10.8. The van der Waals surface area contributed by atoms with Gasteiger partial charge >= 0.3 is 11.9 Å². The van der Waals surface area contributed by atoms with Crippen LogP contribution in [0.2, 0.25) is 0 Å². The van der Waals surface area contributed by atoms with Gasteiger partial charge in [0, 0.05) is 0 Å². The van der Waals surface area contributed by atoms with Gasteiger partial charge in [0.25, 0.3) is 0 Å². The van der Waals surface area contributed by atoms with Crippen LogP contribution in [0, 0.1) is 5.92 Å². The summed E-state index contributed by atoms with van der Waals surface area (Å²) in [5.74, 6) is -0.0966. The van der Waals surface area contributed by atoms with E-state index in [0.717, 1.165) is 0 Å². The Labute approximate surface area is 153 Å². The third-order valence-corrected chi connectivity index (χ3v) is 3.03. The van der Waals surface area contributed by atoms with E-state index in [-0.39, 0.29) is 23.4 Å². The molecule has 0 amide bonds. The Morgan fingerprint density at radius 2 is 1.19 bits per heavy atom. The second-order valence-electron chi connectivity index (χ2n) is 5.81. The quantitative estimate of drug-likeness (QED) is 0.789. The topological polar surface area (TPSA) is 93.1 Å². The van der Waals surface area contributed by atoms with Gasteiger partial charge in [0.05, 0.1) is 24.3 Å². The summed E-state index contributed by atoms with van der Waals surface area (Å²) in [6, 6.07) is 12.0. The largest absolute Gasteiger partial charge is 0.508 e. The lowest BCUT2D eigenvalue weighted by molar-refractivity contribution is 0.0458. The van der Waals surface area contributed by atoms with Gasteiger partial charge in [0.1, 0.15) is 11.5 Å². The molecule has 2 aromatic rings. The molecule has 0 unspecified atom stereocenters. The lowest BCUT2D eigenvalue weighted by Gasteiger charge is -2.06. The van der Waals surface area contributed by atoms with Crippen molar-refractivity contribution in [3.8, 4) is 11.5 Å². The standard InChI is InChI=1S/C11H14O3.C9H10O3/c1-8(2)7-14-11(13)9-3-5-10(12)6-4-9;1-2-12-9(11)7-3-5-8(10)6-4-7/h3-6,8,12H,7H2,1-2H3;3-6,10H,2H2,1H3. The van der Waals surface area contributed by atoms with Gasteiger partial charge < -0.3 is 19.7 Å². The van der Waals surface area contributed by atoms with E-state index < -0.39 is 0 Å². The van der Waals surface area contributed by atoms with Gasteiger partial charge in [-0.1, -0.05) is 13.8 Å². The highest BCUT2D eigenvalue weighted by Crippen LogP contribution is 2.11. The number of phenolic OH excluding ortho intramolecular Hbond substituents is 2. The van der Waals surface area contributed by atoms with E-state index in [0.29, 0.717) is 30.3 Å². The minimum absolute atomic E-state index is 0.142. The molecule has 0 saturated heterocycles. The van der Waals surface area contributed by atoms with E-state index in [4.69, 9.17) is 19.7 Å². The van der Waals surface area contributed by atoms with Crippen molar-refractivity contribution < 1.29 is 29.3 Å². The van der Waals surface area contributed by atoms with Crippen molar-refractivity contribution >= 4 is 11.9 Å². The predicted octanol–water partition coefficient (Wildman–Crippen LogP) is 3.77. The highest BCUT2D eigenvalue weighted by Gasteiger charge is 2.07. The molecule has 6 heteroatoms. The molecule has 0 aliphatic heterocycles. The normalized spacial score (nSPS) is 9.85. The van der Waals surface area contributed by atoms with E-state index >= 15 is 0 Å². The van der Waals surface area contributed by atoms with E-state index in [1.807, 2.05) is 13.8 Å². The van der Waals surface area contributed by atoms with Gasteiger partial charge in [-0.2, -0.15) is 0 Å². The first-order chi connectivity index (χ1) is 12.3. The summed E-state index contributed by atoms with van der Waals surface area (Å²) in [6.07, 6.45) is 0. The predicted molar refractivity (Wildman–Crippen MR) is 97.3 cm³/mol. The van der Waals surface area contributed by atoms with Gasteiger partial charge in [-0.05, 0) is 61.4 Å². The van der Waals surface area contributed by atoms with Crippen molar-refractivity contribution in [3.05, 3.63) is 59.7 Å². The molecule has 0 radical (unpaired) electrons. The van der Waals surface area contributed by atoms with Crippen LogP contribution in [0.25, 0.3) is 0 Å². The third-order valence-electron chi connectivity index (χ3n) is 3.03. The third kappa shape index (κ3) is 7.70. The molecule has 0 atom stereocenters. The smallest absolute Gasteiger partial charge is 0.338 e. The molecular weight excluding hydrogens is 336 g/mol. The van der Waals surface area contributed by atoms with Crippen molar-refractivity contribution in [3.63, 3.8) is 0 Å². The average Bonchev–Trinajstić information content (AvgIpc) is 2.61. The number of hydrogen-bond donors (Lipinski definition) is 2. The summed E-state index contributed by atoms with van der Waals surface area (Å²) < 4.78 is 9.76. The summed E-state index contributed by atoms with van der Waals surface area (Å²) in [5.41, 5.74) is 0.915. The van der Waals surface area contributed by atoms with Gasteiger partial charge in [-0.15, -0.1) is 0 Å². The SMILES string of the molecule is CC(C)COC(=O)c1ccc(O)cc1.CCOC(=O)c1ccc(O)cc1. The monoisotopic (exact) mass is 360 g/mol. The minimum Gasteiger partial charge on any atom is -0.508 e. The van der Waals surface area contributed by atoms with Crippen LogP contribution in [0.15, 0.2) is 48.5 Å². The Bertz CT molecular complexity index is 689. The number of esters is 2. The van der Waals surface area contributed by atoms with Crippen molar-refractivity contribution in [1.82, 2.24) is 0 Å². The zero-order valence-electron chi connectivity index (χ0n) is 15.1. The molecular formula is C20H24O6. The Kier molecular flexibility index (Phi) is 8.70. The Balaban J connectivity index is 0.000000263. The van der Waals surface area contributed by atoms with Crippen LogP contribution in [0.1, 0.15) is 41.5 Å². The van der Waals surface area contributed by atoms with Gasteiger partial charge in [0.2, 0.25) is 0 Å². The molecule has 26 heavy (non-hydrogen) atoms. The number of phenols is 2. The highest BCUT2D eigenvalue weighted by atomic mass is 16.5. The number of aromatic hydroxyl groups is 2. The maximum absolute atomic E-state index is 11.4. The maximum atomic E-state index is 11.4. The molecule has 2 rings (SSSR count). The van der Waals surface area contributed by atoms with Crippen LogP contribution < -0.4 is 0 Å². The van der Waals surface area contributed by atoms with E-state index in [1.54, 1.807) is 6.92 Å². The fraction of sp³-hybridized carbons (Fsp3) is 0.300. The number of ether oxygens (including phenoxy) is 2. The van der Waals surface area contributed by atoms with Gasteiger partial charge in [0.15, 0.2) is 0 Å². The Morgan fingerprint density at radius 1 is 0.808 bits per heavy atom. The molecule has 0 heterocycles. The maximum Gasteiger partial charge on any atom is 0.338 e. The van der Waals surface area contributed by atoms with Crippen LogP contribution in [-0.2, 0) is 9.47 Å². The number of hydrogen-bond acceptors (Lipinski definition) is 6. The summed E-state index contributed by atoms with van der Waals surface area (Å²) >= 11 is 0. The van der Waals surface area contributed by atoms with Crippen molar-refractivity contribution in [1.29, 1.82) is 0 Å². The van der Waals surface area contributed by atoms with Gasteiger partial charge in [-0.25, -0.2) is 9.59 Å². The molecule has 0 bridgehead atoms.